The van der Waals surface area contributed by atoms with Gasteiger partial charge in [-0.25, -0.2) is 4.98 Å². The monoisotopic (exact) mass is 345 g/mol. The molecular weight excluding hydrogens is 322 g/mol. The fourth-order valence-corrected chi connectivity index (χ4v) is 4.02. The van der Waals surface area contributed by atoms with E-state index in [1.165, 1.54) is 0 Å². The van der Waals surface area contributed by atoms with Crippen molar-refractivity contribution in [3.8, 4) is 0 Å². The number of nitrogens with one attached hydrogen (secondary N) is 2. The van der Waals surface area contributed by atoms with Gasteiger partial charge >= 0.3 is 0 Å². The van der Waals surface area contributed by atoms with Gasteiger partial charge in [0.1, 0.15) is 17.6 Å². The largest absolute Gasteiger partial charge is 0.347 e. The highest BCUT2D eigenvalue weighted by Gasteiger charge is 2.40. The Kier molecular flexibility index (Phi) is 3.77. The summed E-state index contributed by atoms with van der Waals surface area (Å²) in [5.41, 5.74) is 0.180. The standard InChI is InChI=1S/C17H23N5O3/c1-17(20-15(24)11-4-5-14(23)19-11)6-8-21(10-17)16(25)12-9-18-13-3-2-7-22(12)13/h9,11H,2-8,10H2,1H3,(H,19,23)(H,20,24)/t11-,17?/m1/s1. The molecule has 3 aliphatic rings. The Morgan fingerprint density at radius 1 is 1.36 bits per heavy atom. The lowest BCUT2D eigenvalue weighted by Gasteiger charge is -2.27. The molecule has 2 atom stereocenters. The van der Waals surface area contributed by atoms with Gasteiger partial charge in [0.05, 0.1) is 11.7 Å². The minimum Gasteiger partial charge on any atom is -0.347 e. The molecule has 8 heteroatoms. The van der Waals surface area contributed by atoms with Crippen molar-refractivity contribution in [1.29, 1.82) is 0 Å². The molecule has 1 aromatic heterocycles. The van der Waals surface area contributed by atoms with E-state index in [9.17, 15) is 14.4 Å². The molecule has 2 N–H and O–H groups in total. The number of likely N-dealkylation sites (tertiary alicyclic amines) is 1. The van der Waals surface area contributed by atoms with Crippen molar-refractivity contribution in [2.24, 2.45) is 0 Å². The second-order valence-corrected chi connectivity index (χ2v) is 7.50. The Morgan fingerprint density at radius 2 is 2.20 bits per heavy atom. The van der Waals surface area contributed by atoms with Crippen LogP contribution in [0.4, 0.5) is 0 Å². The summed E-state index contributed by atoms with van der Waals surface area (Å²) in [4.78, 5) is 42.6. The van der Waals surface area contributed by atoms with Crippen LogP contribution in [0.15, 0.2) is 6.20 Å². The maximum Gasteiger partial charge on any atom is 0.272 e. The van der Waals surface area contributed by atoms with Crippen molar-refractivity contribution in [1.82, 2.24) is 25.1 Å². The van der Waals surface area contributed by atoms with E-state index >= 15 is 0 Å². The van der Waals surface area contributed by atoms with E-state index in [1.807, 2.05) is 11.5 Å². The predicted molar refractivity (Wildman–Crippen MR) is 88.8 cm³/mol. The van der Waals surface area contributed by atoms with Crippen LogP contribution >= 0.6 is 0 Å². The number of amides is 3. The number of rotatable bonds is 3. The normalized spacial score (nSPS) is 28.1. The highest BCUT2D eigenvalue weighted by molar-refractivity contribution is 5.93. The summed E-state index contributed by atoms with van der Waals surface area (Å²) in [5, 5.41) is 5.72. The third-order valence-electron chi connectivity index (χ3n) is 5.44. The second kappa shape index (κ2) is 5.86. The molecule has 3 aliphatic heterocycles. The Bertz CT molecular complexity index is 743. The van der Waals surface area contributed by atoms with Gasteiger partial charge in [0.2, 0.25) is 11.8 Å². The van der Waals surface area contributed by atoms with Crippen LogP contribution in [0.1, 0.15) is 48.9 Å². The molecule has 1 unspecified atom stereocenters. The van der Waals surface area contributed by atoms with E-state index in [-0.39, 0.29) is 17.7 Å². The zero-order chi connectivity index (χ0) is 17.6. The van der Waals surface area contributed by atoms with Crippen molar-refractivity contribution in [3.63, 3.8) is 0 Å². The quantitative estimate of drug-likeness (QED) is 0.795. The predicted octanol–water partition coefficient (Wildman–Crippen LogP) is -0.171. The number of carbonyl (C=O) groups is 3. The van der Waals surface area contributed by atoms with E-state index in [1.54, 1.807) is 11.1 Å². The molecule has 25 heavy (non-hydrogen) atoms. The van der Waals surface area contributed by atoms with E-state index in [0.29, 0.717) is 38.0 Å². The van der Waals surface area contributed by atoms with E-state index in [4.69, 9.17) is 0 Å². The van der Waals surface area contributed by atoms with Crippen LogP contribution in [0.3, 0.4) is 0 Å². The first-order valence-electron chi connectivity index (χ1n) is 8.90. The molecule has 8 nitrogen and oxygen atoms in total. The summed E-state index contributed by atoms with van der Waals surface area (Å²) in [6.07, 6.45) is 5.25. The topological polar surface area (TPSA) is 96.3 Å². The van der Waals surface area contributed by atoms with Crippen LogP contribution < -0.4 is 10.6 Å². The summed E-state index contributed by atoms with van der Waals surface area (Å²) in [6.45, 7) is 3.88. The van der Waals surface area contributed by atoms with Crippen LogP contribution in [0.5, 0.6) is 0 Å². The molecule has 0 saturated carbocycles. The van der Waals surface area contributed by atoms with Gasteiger partial charge in [-0.2, -0.15) is 0 Å². The van der Waals surface area contributed by atoms with Gasteiger partial charge < -0.3 is 20.1 Å². The number of carbonyl (C=O) groups excluding carboxylic acids is 3. The maximum atomic E-state index is 12.8. The zero-order valence-corrected chi connectivity index (χ0v) is 14.4. The number of aryl methyl sites for hydroxylation is 1. The van der Waals surface area contributed by atoms with Gasteiger partial charge in [-0.05, 0) is 26.2 Å². The van der Waals surface area contributed by atoms with Gasteiger partial charge in [0, 0.05) is 32.5 Å². The highest BCUT2D eigenvalue weighted by atomic mass is 16.2. The number of nitrogens with zero attached hydrogens (tertiary/aromatic N) is 3. The molecule has 0 bridgehead atoms. The van der Waals surface area contributed by atoms with E-state index in [2.05, 4.69) is 15.6 Å². The highest BCUT2D eigenvalue weighted by Crippen LogP contribution is 2.25. The second-order valence-electron chi connectivity index (χ2n) is 7.50. The Balaban J connectivity index is 1.40. The summed E-state index contributed by atoms with van der Waals surface area (Å²) < 4.78 is 2.00. The maximum absolute atomic E-state index is 12.8. The molecule has 0 aliphatic carbocycles. The van der Waals surface area contributed by atoms with Crippen molar-refractivity contribution < 1.29 is 14.4 Å². The molecule has 2 fully saturated rings. The van der Waals surface area contributed by atoms with Gasteiger partial charge in [-0.15, -0.1) is 0 Å². The van der Waals surface area contributed by atoms with Crippen LogP contribution in [0.25, 0.3) is 0 Å². The molecule has 4 rings (SSSR count). The van der Waals surface area contributed by atoms with Crippen LogP contribution in [0.2, 0.25) is 0 Å². The number of hydrogen-bond acceptors (Lipinski definition) is 4. The summed E-state index contributed by atoms with van der Waals surface area (Å²) in [7, 11) is 0. The summed E-state index contributed by atoms with van der Waals surface area (Å²) in [5.74, 6) is 0.722. The molecule has 2 saturated heterocycles. The third-order valence-corrected chi connectivity index (χ3v) is 5.44. The lowest BCUT2D eigenvalue weighted by Crippen LogP contribution is -2.53. The molecule has 4 heterocycles. The number of imidazole rings is 1. The van der Waals surface area contributed by atoms with Crippen LogP contribution in [0, 0.1) is 0 Å². The fourth-order valence-electron chi connectivity index (χ4n) is 4.02. The molecule has 0 spiro atoms. The first-order valence-corrected chi connectivity index (χ1v) is 8.90. The van der Waals surface area contributed by atoms with Crippen molar-refractivity contribution in [2.45, 2.75) is 57.2 Å². The Morgan fingerprint density at radius 3 is 2.96 bits per heavy atom. The Labute approximate surface area is 146 Å². The smallest absolute Gasteiger partial charge is 0.272 e. The van der Waals surface area contributed by atoms with Gasteiger partial charge in [0.15, 0.2) is 0 Å². The van der Waals surface area contributed by atoms with Gasteiger partial charge in [-0.1, -0.05) is 0 Å². The lowest BCUT2D eigenvalue weighted by atomic mass is 10.0. The molecule has 0 aromatic carbocycles. The third kappa shape index (κ3) is 2.89. The first kappa shape index (κ1) is 16.1. The number of fused-ring (bicyclic) bond motifs is 1. The average molecular weight is 345 g/mol. The molecule has 3 amide bonds. The summed E-state index contributed by atoms with van der Waals surface area (Å²) in [6, 6.07) is -0.452. The molecular formula is C17H23N5O3. The Hall–Kier alpha value is -2.38. The minimum atomic E-state index is -0.464. The number of aromatic nitrogens is 2. The van der Waals surface area contributed by atoms with Crippen LogP contribution in [-0.4, -0.2) is 56.8 Å². The first-order chi connectivity index (χ1) is 12.0. The zero-order valence-electron chi connectivity index (χ0n) is 14.4. The lowest BCUT2D eigenvalue weighted by molar-refractivity contribution is -0.127. The fraction of sp³-hybridized carbons (Fsp3) is 0.647. The summed E-state index contributed by atoms with van der Waals surface area (Å²) >= 11 is 0. The van der Waals surface area contributed by atoms with Crippen LogP contribution in [-0.2, 0) is 22.6 Å². The van der Waals surface area contributed by atoms with E-state index < -0.39 is 11.6 Å². The SMILES string of the molecule is CC1(NC(=O)[C@H]2CCC(=O)N2)CCN(C(=O)c2cnc3n2CCC3)C1. The van der Waals surface area contributed by atoms with Gasteiger partial charge in [0.25, 0.3) is 5.91 Å². The molecule has 134 valence electrons. The average Bonchev–Trinajstić information content (AvgIpc) is 3.30. The minimum absolute atomic E-state index is 0.0206. The van der Waals surface area contributed by atoms with E-state index in [0.717, 1.165) is 25.2 Å². The van der Waals surface area contributed by atoms with Crippen molar-refractivity contribution >= 4 is 17.7 Å². The van der Waals surface area contributed by atoms with Crippen molar-refractivity contribution in [3.05, 3.63) is 17.7 Å². The molecule has 1 aromatic rings. The van der Waals surface area contributed by atoms with Gasteiger partial charge in [-0.3, -0.25) is 14.4 Å². The van der Waals surface area contributed by atoms with Crippen molar-refractivity contribution in [2.75, 3.05) is 13.1 Å². The molecule has 0 radical (unpaired) electrons. The number of hydrogen-bond donors (Lipinski definition) is 2.